The lowest BCUT2D eigenvalue weighted by Crippen LogP contribution is -2.52. The van der Waals surface area contributed by atoms with Crippen molar-refractivity contribution >= 4 is 5.78 Å². The van der Waals surface area contributed by atoms with E-state index in [0.29, 0.717) is 35.2 Å². The summed E-state index contributed by atoms with van der Waals surface area (Å²) in [4.78, 5) is 12.2. The van der Waals surface area contributed by atoms with Crippen molar-refractivity contribution in [1.29, 1.82) is 0 Å². The van der Waals surface area contributed by atoms with Gasteiger partial charge in [0.15, 0.2) is 0 Å². The smallest absolute Gasteiger partial charge is 0.133 e. The van der Waals surface area contributed by atoms with Crippen LogP contribution >= 0.6 is 0 Å². The highest BCUT2D eigenvalue weighted by Gasteiger charge is 2.58. The van der Waals surface area contributed by atoms with Crippen molar-refractivity contribution in [2.75, 3.05) is 6.54 Å². The van der Waals surface area contributed by atoms with Gasteiger partial charge in [0.05, 0.1) is 11.7 Å². The molecule has 4 fully saturated rings. The Labute approximate surface area is 196 Å². The average Bonchev–Trinajstić information content (AvgIpc) is 3.15. The van der Waals surface area contributed by atoms with Gasteiger partial charge < -0.3 is 10.1 Å². The quantitative estimate of drug-likeness (QED) is 0.509. The van der Waals surface area contributed by atoms with Crippen LogP contribution in [0.15, 0.2) is 11.1 Å². The van der Waals surface area contributed by atoms with Crippen molar-refractivity contribution in [3.05, 3.63) is 11.1 Å². The molecule has 3 heteroatoms. The highest BCUT2D eigenvalue weighted by molar-refractivity contribution is 5.79. The predicted octanol–water partition coefficient (Wildman–Crippen LogP) is 6.46. The van der Waals surface area contributed by atoms with Gasteiger partial charge in [-0.1, -0.05) is 32.8 Å². The van der Waals surface area contributed by atoms with Gasteiger partial charge in [-0.3, -0.25) is 4.79 Å². The van der Waals surface area contributed by atoms with E-state index >= 15 is 0 Å². The molecule has 32 heavy (non-hydrogen) atoms. The van der Waals surface area contributed by atoms with E-state index < -0.39 is 0 Å². The van der Waals surface area contributed by atoms with E-state index in [-0.39, 0.29) is 5.60 Å². The molecule has 0 radical (unpaired) electrons. The first-order chi connectivity index (χ1) is 15.3. The van der Waals surface area contributed by atoms with Crippen LogP contribution in [0.25, 0.3) is 0 Å². The van der Waals surface area contributed by atoms with E-state index in [9.17, 15) is 4.79 Å². The molecule has 0 aromatic carbocycles. The molecular formula is C29H47NO2. The van der Waals surface area contributed by atoms with Crippen molar-refractivity contribution in [2.45, 2.75) is 123 Å². The number of rotatable bonds is 4. The van der Waals surface area contributed by atoms with Gasteiger partial charge in [-0.2, -0.15) is 0 Å². The topological polar surface area (TPSA) is 38.3 Å². The Morgan fingerprint density at radius 2 is 1.94 bits per heavy atom. The van der Waals surface area contributed by atoms with Crippen LogP contribution in [0.2, 0.25) is 0 Å². The summed E-state index contributed by atoms with van der Waals surface area (Å²) >= 11 is 0. The molecule has 0 aromatic rings. The first-order valence-corrected chi connectivity index (χ1v) is 13.9. The lowest BCUT2D eigenvalue weighted by Gasteiger charge is -2.52. The van der Waals surface area contributed by atoms with E-state index in [1.165, 1.54) is 44.9 Å². The molecular weight excluding hydrogens is 394 g/mol. The summed E-state index contributed by atoms with van der Waals surface area (Å²) in [5, 5.41) is 3.70. The number of carbonyl (C=O) groups excluding carboxylic acids is 1. The number of ketones is 1. The van der Waals surface area contributed by atoms with Gasteiger partial charge in [-0.15, -0.1) is 0 Å². The highest BCUT2D eigenvalue weighted by Crippen LogP contribution is 2.65. The van der Waals surface area contributed by atoms with E-state index in [1.807, 2.05) is 0 Å². The van der Waals surface area contributed by atoms with E-state index in [4.69, 9.17) is 4.74 Å². The maximum Gasteiger partial charge on any atom is 0.133 e. The molecule has 180 valence electrons. The van der Waals surface area contributed by atoms with Crippen LogP contribution in [0, 0.1) is 35.0 Å². The summed E-state index contributed by atoms with van der Waals surface area (Å²) in [6.07, 6.45) is 13.1. The molecule has 1 N–H and O–H groups in total. The molecule has 3 saturated carbocycles. The van der Waals surface area contributed by atoms with Gasteiger partial charge in [0, 0.05) is 18.9 Å². The monoisotopic (exact) mass is 441 g/mol. The molecule has 0 bridgehead atoms. The summed E-state index contributed by atoms with van der Waals surface area (Å²) in [6.45, 7) is 13.1. The molecule has 0 unspecified atom stereocenters. The van der Waals surface area contributed by atoms with E-state index in [1.54, 1.807) is 11.1 Å². The Bertz CT molecular complexity index is 773. The number of carbonyl (C=O) groups is 1. The largest absolute Gasteiger partial charge is 0.366 e. The molecule has 3 nitrogen and oxygen atoms in total. The number of hydrogen-bond acceptors (Lipinski definition) is 3. The van der Waals surface area contributed by atoms with Gasteiger partial charge >= 0.3 is 0 Å². The third-order valence-corrected chi connectivity index (χ3v) is 11.0. The molecule has 0 amide bonds. The number of fused-ring (bicyclic) bond motifs is 5. The zero-order chi connectivity index (χ0) is 22.7. The number of piperidine rings is 1. The van der Waals surface area contributed by atoms with Crippen molar-refractivity contribution in [1.82, 2.24) is 5.32 Å². The zero-order valence-electron chi connectivity index (χ0n) is 21.3. The zero-order valence-corrected chi connectivity index (χ0v) is 21.3. The van der Waals surface area contributed by atoms with Crippen LogP contribution in [0.3, 0.4) is 0 Å². The van der Waals surface area contributed by atoms with Gasteiger partial charge in [0.2, 0.25) is 0 Å². The molecule has 5 rings (SSSR count). The third-order valence-electron chi connectivity index (χ3n) is 11.0. The van der Waals surface area contributed by atoms with Crippen molar-refractivity contribution in [3.8, 4) is 0 Å². The van der Waals surface area contributed by atoms with Crippen LogP contribution in [0.5, 0.6) is 0 Å². The fourth-order valence-electron chi connectivity index (χ4n) is 8.99. The summed E-state index contributed by atoms with van der Waals surface area (Å²) in [5.74, 6) is 4.28. The second-order valence-electron chi connectivity index (χ2n) is 12.7. The molecule has 5 aliphatic rings. The number of nitrogens with one attached hydrogen (secondary N) is 1. The molecule has 9 atom stereocenters. The van der Waals surface area contributed by atoms with Crippen molar-refractivity contribution in [3.63, 3.8) is 0 Å². The fourth-order valence-corrected chi connectivity index (χ4v) is 8.99. The maximum absolute atomic E-state index is 12.2. The lowest BCUT2D eigenvalue weighted by molar-refractivity contribution is -0.130. The second-order valence-corrected chi connectivity index (χ2v) is 12.7. The van der Waals surface area contributed by atoms with Gasteiger partial charge in [0.25, 0.3) is 0 Å². The number of ether oxygens (including phenoxy) is 1. The summed E-state index contributed by atoms with van der Waals surface area (Å²) in [7, 11) is 0. The normalized spacial score (nSPS) is 48.9. The predicted molar refractivity (Wildman–Crippen MR) is 130 cm³/mol. The van der Waals surface area contributed by atoms with Gasteiger partial charge in [0.1, 0.15) is 5.78 Å². The molecule has 1 aliphatic heterocycles. The minimum atomic E-state index is -0.0470. The molecule has 0 aromatic heterocycles. The first-order valence-electron chi connectivity index (χ1n) is 13.9. The Balaban J connectivity index is 1.44. The van der Waals surface area contributed by atoms with Gasteiger partial charge in [-0.05, 0) is 112 Å². The molecule has 1 heterocycles. The second kappa shape index (κ2) is 8.52. The van der Waals surface area contributed by atoms with E-state index in [0.717, 1.165) is 50.0 Å². The number of allylic oxidation sites excluding steroid dienone is 1. The van der Waals surface area contributed by atoms with Crippen LogP contribution in [0.1, 0.15) is 105 Å². The average molecular weight is 442 g/mol. The number of Topliss-reactive ketones (excluding diaryl/α,β-unsaturated/α-hetero) is 1. The van der Waals surface area contributed by atoms with Crippen molar-refractivity contribution < 1.29 is 9.53 Å². The number of hydrogen-bond donors (Lipinski definition) is 1. The van der Waals surface area contributed by atoms with Crippen LogP contribution < -0.4 is 5.32 Å². The Hall–Kier alpha value is -0.670. The first kappa shape index (κ1) is 23.1. The standard InChI is InChI=1S/C29H47NO2/c1-6-11-29(32-27-14-18(2)17-30-20(27)4)13-10-23-24-8-7-21-15-22(31)9-12-28(21,5)26(24)16-25(23)19(29)3/h18,20-21,23-24,26-27,30H,6-17H2,1-5H3/t18-,20-,21+,23-,24-,26-,27+,28-,29-/m0/s1. The Kier molecular flexibility index (Phi) is 6.15. The summed E-state index contributed by atoms with van der Waals surface area (Å²) in [6, 6.07) is 0.445. The van der Waals surface area contributed by atoms with E-state index in [2.05, 4.69) is 39.9 Å². The highest BCUT2D eigenvalue weighted by atomic mass is 16.5. The van der Waals surface area contributed by atoms with Crippen LogP contribution in [0.4, 0.5) is 0 Å². The molecule has 0 spiro atoms. The van der Waals surface area contributed by atoms with Gasteiger partial charge in [-0.25, -0.2) is 0 Å². The maximum atomic E-state index is 12.2. The fraction of sp³-hybridized carbons (Fsp3) is 0.897. The third kappa shape index (κ3) is 3.65. The lowest BCUT2D eigenvalue weighted by atomic mass is 9.52. The van der Waals surface area contributed by atoms with Crippen LogP contribution in [-0.2, 0) is 9.53 Å². The molecule has 4 aliphatic carbocycles. The Morgan fingerprint density at radius 3 is 2.72 bits per heavy atom. The van der Waals surface area contributed by atoms with Crippen LogP contribution in [-0.4, -0.2) is 30.1 Å². The SMILES string of the molecule is CCC[C@]1(O[C@@H]2C[C@H](C)CN[C@H]2C)CC[C@@H]2C(=C1C)C[C@H]1[C@H]2CC[C@@H]2CC(=O)CC[C@@]21C. The summed E-state index contributed by atoms with van der Waals surface area (Å²) < 4.78 is 7.20. The van der Waals surface area contributed by atoms with Crippen molar-refractivity contribution in [2.24, 2.45) is 35.0 Å². The Morgan fingerprint density at radius 1 is 1.12 bits per heavy atom. The molecule has 1 saturated heterocycles. The minimum absolute atomic E-state index is 0.0470. The minimum Gasteiger partial charge on any atom is -0.366 e. The summed E-state index contributed by atoms with van der Waals surface area (Å²) in [5.41, 5.74) is 3.73.